The Labute approximate surface area is 210 Å². The van der Waals surface area contributed by atoms with Gasteiger partial charge in [-0.1, -0.05) is 72.8 Å². The third kappa shape index (κ3) is 6.38. The first-order valence-corrected chi connectivity index (χ1v) is 13.3. The minimum Gasteiger partial charge on any atom is -0.378 e. The Kier molecular flexibility index (Phi) is 7.72. The van der Waals surface area contributed by atoms with Gasteiger partial charge in [0.15, 0.2) is 0 Å². The lowest BCUT2D eigenvalue weighted by Gasteiger charge is -2.21. The van der Waals surface area contributed by atoms with E-state index < -0.39 is 21.0 Å². The largest absolute Gasteiger partial charge is 0.378 e. The molecule has 0 aliphatic carbocycles. The van der Waals surface area contributed by atoms with E-state index in [2.05, 4.69) is 0 Å². The molecule has 3 aromatic rings. The van der Waals surface area contributed by atoms with Gasteiger partial charge >= 0.3 is 0 Å². The van der Waals surface area contributed by atoms with Crippen LogP contribution in [0.5, 0.6) is 0 Å². The van der Waals surface area contributed by atoms with Crippen LogP contribution >= 0.6 is 10.8 Å². The molecule has 7 heteroatoms. The Morgan fingerprint density at radius 3 is 1.91 bits per heavy atom. The maximum Gasteiger partial charge on any atom is 0.147 e. The maximum atomic E-state index is 11.7. The standard InChI is InChI=1S/C28H26ClNO4S/c1-21(22-14-16-26(17-15-22)30(2)3)18-27-19-25(23-10-6-4-7-11-23)20-28(24-12-8-5-9-13-24)35(27)34-29(31,32)33/h4-20H,1-3H3. The molecule has 180 valence electrons. The molecule has 5 nitrogen and oxygen atoms in total. The first-order valence-electron chi connectivity index (χ1n) is 10.9. The van der Waals surface area contributed by atoms with E-state index in [0.29, 0.717) is 9.77 Å². The fourth-order valence-corrected chi connectivity index (χ4v) is 6.26. The molecular formula is C28H26ClNO4S. The minimum atomic E-state index is -4.65. The van der Waals surface area contributed by atoms with Crippen LogP contribution in [0, 0.1) is 10.2 Å². The molecule has 0 radical (unpaired) electrons. The summed E-state index contributed by atoms with van der Waals surface area (Å²) >= 11 is 0. The molecule has 0 amide bonds. The number of hydrogen-bond donors (Lipinski definition) is 0. The molecule has 4 rings (SSSR count). The van der Waals surface area contributed by atoms with E-state index in [0.717, 1.165) is 33.5 Å². The van der Waals surface area contributed by atoms with E-state index in [1.165, 1.54) is 0 Å². The topological polar surface area (TPSA) is 81.6 Å². The van der Waals surface area contributed by atoms with Gasteiger partial charge in [0.25, 0.3) is 0 Å². The van der Waals surface area contributed by atoms with E-state index in [4.69, 9.17) is 3.74 Å². The van der Waals surface area contributed by atoms with Crippen LogP contribution in [0.4, 0.5) is 5.69 Å². The van der Waals surface area contributed by atoms with Gasteiger partial charge in [-0.3, -0.25) is 0 Å². The summed E-state index contributed by atoms with van der Waals surface area (Å²) in [5.41, 5.74) is 5.65. The van der Waals surface area contributed by atoms with Crippen LogP contribution in [0.2, 0.25) is 0 Å². The maximum absolute atomic E-state index is 11.7. The molecule has 0 fully saturated rings. The van der Waals surface area contributed by atoms with Crippen LogP contribution in [-0.4, -0.2) is 19.0 Å². The lowest BCUT2D eigenvalue weighted by atomic mass is 10.0. The molecule has 35 heavy (non-hydrogen) atoms. The molecule has 1 atom stereocenters. The van der Waals surface area contributed by atoms with E-state index in [-0.39, 0.29) is 0 Å². The molecule has 0 N–H and O–H groups in total. The minimum absolute atomic E-state index is 0.603. The average molecular weight is 508 g/mol. The summed E-state index contributed by atoms with van der Waals surface area (Å²) in [5.74, 6) is 0. The molecule has 0 spiro atoms. The summed E-state index contributed by atoms with van der Waals surface area (Å²) in [5, 5.41) is 0. The second-order valence-corrected chi connectivity index (χ2v) is 10.9. The molecule has 1 aliphatic heterocycles. The molecule has 3 aromatic carbocycles. The first-order chi connectivity index (χ1) is 16.7. The molecule has 1 unspecified atom stereocenters. The second kappa shape index (κ2) is 10.7. The van der Waals surface area contributed by atoms with Crippen molar-refractivity contribution in [1.82, 2.24) is 0 Å². The van der Waals surface area contributed by atoms with Gasteiger partial charge in [-0.25, -0.2) is 0 Å². The molecule has 0 saturated carbocycles. The second-order valence-electron chi connectivity index (χ2n) is 8.22. The van der Waals surface area contributed by atoms with Gasteiger partial charge in [-0.05, 0) is 65.1 Å². The summed E-state index contributed by atoms with van der Waals surface area (Å²) in [6.45, 7) is 1.96. The van der Waals surface area contributed by atoms with E-state index in [1.54, 1.807) is 0 Å². The zero-order valence-corrected chi connectivity index (χ0v) is 21.3. The van der Waals surface area contributed by atoms with Crippen molar-refractivity contribution in [2.45, 2.75) is 6.92 Å². The lowest BCUT2D eigenvalue weighted by Crippen LogP contribution is -2.60. The van der Waals surface area contributed by atoms with Gasteiger partial charge in [0.05, 0.1) is 15.1 Å². The predicted octanol–water partition coefficient (Wildman–Crippen LogP) is 3.46. The third-order valence-electron chi connectivity index (χ3n) is 5.50. The molecule has 0 saturated heterocycles. The number of allylic oxidation sites excluding steroid dienone is 5. The number of nitrogens with zero attached hydrogens (tertiary/aromatic N) is 1. The Morgan fingerprint density at radius 1 is 0.800 bits per heavy atom. The SMILES string of the molecule is CC(=CC1=CC(c2ccccc2)=CC(c2ccccc2)=S1O[Cl+3]([O-])([O-])[O-])c1ccc(N(C)C)cc1. The summed E-state index contributed by atoms with van der Waals surface area (Å²) in [6, 6.07) is 27.3. The molecular weight excluding hydrogens is 482 g/mol. The summed E-state index contributed by atoms with van der Waals surface area (Å²) in [7, 11) is -2.13. The zero-order valence-electron chi connectivity index (χ0n) is 19.7. The summed E-state index contributed by atoms with van der Waals surface area (Å²) < 4.78 is 40.4. The Bertz CT molecular complexity index is 1310. The van der Waals surface area contributed by atoms with Crippen molar-refractivity contribution in [1.29, 1.82) is 0 Å². The molecule has 1 aliphatic rings. The zero-order chi connectivity index (χ0) is 25.0. The van der Waals surface area contributed by atoms with Gasteiger partial charge in [0.1, 0.15) is 14.5 Å². The van der Waals surface area contributed by atoms with Crippen molar-refractivity contribution in [3.63, 3.8) is 0 Å². The van der Waals surface area contributed by atoms with E-state index >= 15 is 0 Å². The molecule has 1 heterocycles. The normalized spacial score (nSPS) is 16.6. The highest BCUT2D eigenvalue weighted by atomic mass is 35.7. The average Bonchev–Trinajstić information content (AvgIpc) is 2.85. The highest BCUT2D eigenvalue weighted by molar-refractivity contribution is 8.15. The lowest BCUT2D eigenvalue weighted by molar-refractivity contribution is -1.91. The number of anilines is 1. The molecule has 0 bridgehead atoms. The van der Waals surface area contributed by atoms with Crippen molar-refractivity contribution >= 4 is 32.5 Å². The quantitative estimate of drug-likeness (QED) is 0.457. The van der Waals surface area contributed by atoms with Crippen molar-refractivity contribution in [2.24, 2.45) is 0 Å². The number of halogens is 1. The summed E-state index contributed by atoms with van der Waals surface area (Å²) in [6.07, 6.45) is 5.68. The van der Waals surface area contributed by atoms with Gasteiger partial charge in [-0.2, -0.15) is 14.0 Å². The van der Waals surface area contributed by atoms with Crippen LogP contribution in [-0.2, 0) is 3.74 Å². The highest BCUT2D eigenvalue weighted by Gasteiger charge is 2.30. The number of rotatable bonds is 7. The first kappa shape index (κ1) is 25.1. The van der Waals surface area contributed by atoms with Gasteiger partial charge in [-0.15, -0.1) is 0 Å². The van der Waals surface area contributed by atoms with Gasteiger partial charge < -0.3 is 4.90 Å². The fraction of sp³-hybridized carbons (Fsp3) is 0.107. The van der Waals surface area contributed by atoms with Crippen molar-refractivity contribution in [2.75, 3.05) is 19.0 Å². The predicted molar refractivity (Wildman–Crippen MR) is 136 cm³/mol. The van der Waals surface area contributed by atoms with Crippen LogP contribution in [0.15, 0.2) is 108 Å². The number of benzene rings is 3. The fourth-order valence-electron chi connectivity index (χ4n) is 3.72. The smallest absolute Gasteiger partial charge is 0.147 e. The Hall–Kier alpha value is -2.97. The van der Waals surface area contributed by atoms with Crippen LogP contribution in [0.3, 0.4) is 0 Å². The summed E-state index contributed by atoms with van der Waals surface area (Å²) in [4.78, 5) is 3.25. The Balaban J connectivity index is 1.88. The van der Waals surface area contributed by atoms with Gasteiger partial charge in [0.2, 0.25) is 0 Å². The van der Waals surface area contributed by atoms with Crippen molar-refractivity contribution in [3.05, 3.63) is 125 Å². The van der Waals surface area contributed by atoms with Crippen molar-refractivity contribution < 1.29 is 28.0 Å². The van der Waals surface area contributed by atoms with Crippen molar-refractivity contribution in [3.8, 4) is 0 Å². The van der Waals surface area contributed by atoms with Crippen LogP contribution in [0.25, 0.3) is 11.1 Å². The highest BCUT2D eigenvalue weighted by Crippen LogP contribution is 2.41. The van der Waals surface area contributed by atoms with E-state index in [9.17, 15) is 14.0 Å². The molecule has 0 aromatic heterocycles. The van der Waals surface area contributed by atoms with Gasteiger partial charge in [0, 0.05) is 24.7 Å². The van der Waals surface area contributed by atoms with Crippen LogP contribution < -0.4 is 18.9 Å². The number of hydrogen-bond acceptors (Lipinski definition) is 5. The monoisotopic (exact) mass is 507 g/mol. The third-order valence-corrected chi connectivity index (χ3v) is 8.04. The Morgan fingerprint density at radius 2 is 1.37 bits per heavy atom. The van der Waals surface area contributed by atoms with E-state index in [1.807, 2.05) is 129 Å². The van der Waals surface area contributed by atoms with Crippen LogP contribution in [0.1, 0.15) is 23.6 Å².